The van der Waals surface area contributed by atoms with Crippen LogP contribution in [-0.2, 0) is 13.6 Å². The number of nitrogens with one attached hydrogen (secondary N) is 1. The summed E-state index contributed by atoms with van der Waals surface area (Å²) in [6.07, 6.45) is 7.92. The van der Waals surface area contributed by atoms with Crippen molar-refractivity contribution in [1.82, 2.24) is 24.5 Å². The second-order valence-electron chi connectivity index (χ2n) is 8.98. The second-order valence-corrected chi connectivity index (χ2v) is 9.79. The highest BCUT2D eigenvalue weighted by atomic mass is 35.5. The minimum atomic E-state index is -0.159. The molecule has 0 aliphatic heterocycles. The Morgan fingerprint density at radius 1 is 1.12 bits per heavy atom. The standard InChI is InChI=1S/C24H22Cl2N6O/c1-31-23-21(22(30-31)15-5-6-15)17(9-20(29-23)14-3-4-14)24(33)28-16-10-27-32(12-16)11-13-2-7-18(25)19(26)8-13/h2,7-10,12,14-15H,3-6,11H2,1H3,(H,28,33). The molecular formula is C24H22Cl2N6O. The molecule has 33 heavy (non-hydrogen) atoms. The fourth-order valence-electron chi connectivity index (χ4n) is 4.24. The maximum atomic E-state index is 13.4. The largest absolute Gasteiger partial charge is 0.319 e. The van der Waals surface area contributed by atoms with Crippen LogP contribution in [0, 0.1) is 0 Å². The molecule has 9 heteroatoms. The smallest absolute Gasteiger partial charge is 0.256 e. The number of hydrogen-bond acceptors (Lipinski definition) is 4. The Balaban J connectivity index is 1.29. The van der Waals surface area contributed by atoms with E-state index in [4.69, 9.17) is 33.3 Å². The highest BCUT2D eigenvalue weighted by molar-refractivity contribution is 6.42. The monoisotopic (exact) mass is 480 g/mol. The van der Waals surface area contributed by atoms with Crippen LogP contribution in [0.2, 0.25) is 10.0 Å². The van der Waals surface area contributed by atoms with E-state index in [1.54, 1.807) is 16.9 Å². The molecule has 3 aromatic heterocycles. The highest BCUT2D eigenvalue weighted by Crippen LogP contribution is 2.45. The van der Waals surface area contributed by atoms with Crippen molar-refractivity contribution < 1.29 is 4.79 Å². The molecule has 168 valence electrons. The number of rotatable bonds is 6. The van der Waals surface area contributed by atoms with Crippen molar-refractivity contribution >= 4 is 45.8 Å². The van der Waals surface area contributed by atoms with Crippen LogP contribution in [0.25, 0.3) is 11.0 Å². The average Bonchev–Trinajstić information content (AvgIpc) is 3.72. The molecule has 4 aromatic rings. The number of halogens is 2. The van der Waals surface area contributed by atoms with Gasteiger partial charge in [0.15, 0.2) is 5.65 Å². The van der Waals surface area contributed by atoms with Crippen LogP contribution in [0.15, 0.2) is 36.7 Å². The number of benzene rings is 1. The minimum absolute atomic E-state index is 0.159. The van der Waals surface area contributed by atoms with Crippen molar-refractivity contribution in [2.75, 3.05) is 5.32 Å². The second kappa shape index (κ2) is 7.85. The summed E-state index contributed by atoms with van der Waals surface area (Å²) < 4.78 is 3.58. The van der Waals surface area contributed by atoms with Gasteiger partial charge in [0.05, 0.1) is 45.1 Å². The van der Waals surface area contributed by atoms with E-state index in [0.29, 0.717) is 39.7 Å². The van der Waals surface area contributed by atoms with E-state index in [9.17, 15) is 4.79 Å². The molecule has 2 fully saturated rings. The Morgan fingerprint density at radius 2 is 1.91 bits per heavy atom. The van der Waals surface area contributed by atoms with Gasteiger partial charge in [0.2, 0.25) is 0 Å². The minimum Gasteiger partial charge on any atom is -0.319 e. The SMILES string of the molecule is Cn1nc(C2CC2)c2c(C(=O)Nc3cnn(Cc4ccc(Cl)c(Cl)c4)c3)cc(C3CC3)nc21. The van der Waals surface area contributed by atoms with Crippen LogP contribution >= 0.6 is 23.2 Å². The topological polar surface area (TPSA) is 77.6 Å². The number of aryl methyl sites for hydroxylation is 1. The maximum Gasteiger partial charge on any atom is 0.256 e. The van der Waals surface area contributed by atoms with Gasteiger partial charge in [0, 0.05) is 30.8 Å². The molecule has 0 atom stereocenters. The maximum absolute atomic E-state index is 13.4. The van der Waals surface area contributed by atoms with Crippen molar-refractivity contribution in [3.63, 3.8) is 0 Å². The normalized spacial score (nSPS) is 15.8. The summed E-state index contributed by atoms with van der Waals surface area (Å²) >= 11 is 12.1. The Kier molecular flexibility index (Phi) is 4.92. The lowest BCUT2D eigenvalue weighted by Crippen LogP contribution is -2.13. The first-order chi connectivity index (χ1) is 16.0. The number of aromatic nitrogens is 5. The number of nitrogens with zero attached hydrogens (tertiary/aromatic N) is 5. The Labute approximate surface area is 200 Å². The van der Waals surface area contributed by atoms with Crippen LogP contribution in [-0.4, -0.2) is 30.5 Å². The number of hydrogen-bond donors (Lipinski definition) is 1. The number of pyridine rings is 1. The Morgan fingerprint density at radius 3 is 2.64 bits per heavy atom. The molecule has 2 saturated carbocycles. The molecule has 1 N–H and O–H groups in total. The van der Waals surface area contributed by atoms with Crippen molar-refractivity contribution in [1.29, 1.82) is 0 Å². The van der Waals surface area contributed by atoms with E-state index in [1.807, 2.05) is 36.1 Å². The van der Waals surface area contributed by atoms with Gasteiger partial charge in [-0.25, -0.2) is 4.98 Å². The third kappa shape index (κ3) is 4.00. The van der Waals surface area contributed by atoms with Crippen LogP contribution in [0.3, 0.4) is 0 Å². The highest BCUT2D eigenvalue weighted by Gasteiger charge is 2.33. The number of anilines is 1. The first-order valence-corrected chi connectivity index (χ1v) is 11.9. The molecule has 2 aliphatic rings. The van der Waals surface area contributed by atoms with E-state index < -0.39 is 0 Å². The van der Waals surface area contributed by atoms with E-state index in [2.05, 4.69) is 10.4 Å². The zero-order chi connectivity index (χ0) is 22.7. The van der Waals surface area contributed by atoms with Crippen molar-refractivity contribution in [2.45, 2.75) is 44.1 Å². The molecule has 6 rings (SSSR count). The zero-order valence-electron chi connectivity index (χ0n) is 18.1. The predicted molar refractivity (Wildman–Crippen MR) is 128 cm³/mol. The molecular weight excluding hydrogens is 459 g/mol. The first kappa shape index (κ1) is 20.7. The van der Waals surface area contributed by atoms with Gasteiger partial charge in [-0.05, 0) is 49.4 Å². The summed E-state index contributed by atoms with van der Waals surface area (Å²) in [6, 6.07) is 7.45. The quantitative estimate of drug-likeness (QED) is 0.393. The predicted octanol–water partition coefficient (Wildman–Crippen LogP) is 5.53. The van der Waals surface area contributed by atoms with E-state index in [0.717, 1.165) is 53.7 Å². The number of carbonyl (C=O) groups is 1. The van der Waals surface area contributed by atoms with Gasteiger partial charge in [0.1, 0.15) is 0 Å². The van der Waals surface area contributed by atoms with Crippen LogP contribution in [0.1, 0.15) is 64.8 Å². The third-order valence-electron chi connectivity index (χ3n) is 6.26. The van der Waals surface area contributed by atoms with Crippen molar-refractivity contribution in [2.24, 2.45) is 7.05 Å². The number of carbonyl (C=O) groups excluding carboxylic acids is 1. The van der Waals surface area contributed by atoms with Crippen molar-refractivity contribution in [3.05, 3.63) is 69.2 Å². The summed E-state index contributed by atoms with van der Waals surface area (Å²) in [5.41, 5.74) is 5.02. The lowest BCUT2D eigenvalue weighted by Gasteiger charge is -2.08. The molecule has 1 amide bonds. The Hall–Kier alpha value is -2.90. The fourth-order valence-corrected chi connectivity index (χ4v) is 4.57. The van der Waals surface area contributed by atoms with Crippen LogP contribution in [0.5, 0.6) is 0 Å². The van der Waals surface area contributed by atoms with Gasteiger partial charge in [-0.1, -0.05) is 29.3 Å². The fraction of sp³-hybridized carbons (Fsp3) is 0.333. The number of fused-ring (bicyclic) bond motifs is 1. The number of amides is 1. The summed E-state index contributed by atoms with van der Waals surface area (Å²) in [6.45, 7) is 0.520. The summed E-state index contributed by atoms with van der Waals surface area (Å²) in [4.78, 5) is 18.3. The van der Waals surface area contributed by atoms with Crippen LogP contribution < -0.4 is 5.32 Å². The Bertz CT molecular complexity index is 1400. The third-order valence-corrected chi connectivity index (χ3v) is 7.00. The zero-order valence-corrected chi connectivity index (χ0v) is 19.6. The molecule has 3 heterocycles. The molecule has 0 radical (unpaired) electrons. The lowest BCUT2D eigenvalue weighted by molar-refractivity contribution is 0.102. The molecule has 0 saturated heterocycles. The van der Waals surface area contributed by atoms with Gasteiger partial charge >= 0.3 is 0 Å². The first-order valence-electron chi connectivity index (χ1n) is 11.1. The lowest BCUT2D eigenvalue weighted by atomic mass is 10.0. The van der Waals surface area contributed by atoms with Crippen LogP contribution in [0.4, 0.5) is 5.69 Å². The van der Waals surface area contributed by atoms with Gasteiger partial charge in [-0.15, -0.1) is 0 Å². The van der Waals surface area contributed by atoms with Gasteiger partial charge < -0.3 is 5.32 Å². The van der Waals surface area contributed by atoms with E-state index in [1.165, 1.54) is 0 Å². The summed E-state index contributed by atoms with van der Waals surface area (Å²) in [7, 11) is 1.91. The average molecular weight is 481 g/mol. The molecule has 7 nitrogen and oxygen atoms in total. The van der Waals surface area contributed by atoms with Crippen molar-refractivity contribution in [3.8, 4) is 0 Å². The van der Waals surface area contributed by atoms with Gasteiger partial charge in [0.25, 0.3) is 5.91 Å². The summed E-state index contributed by atoms with van der Waals surface area (Å²) in [5.74, 6) is 0.699. The molecule has 0 unspecified atom stereocenters. The summed E-state index contributed by atoms with van der Waals surface area (Å²) in [5, 5.41) is 14.0. The molecule has 2 aliphatic carbocycles. The van der Waals surface area contributed by atoms with Gasteiger partial charge in [-0.2, -0.15) is 10.2 Å². The van der Waals surface area contributed by atoms with E-state index >= 15 is 0 Å². The molecule has 0 spiro atoms. The van der Waals surface area contributed by atoms with E-state index in [-0.39, 0.29) is 5.91 Å². The van der Waals surface area contributed by atoms with Gasteiger partial charge in [-0.3, -0.25) is 14.2 Å². The molecule has 1 aromatic carbocycles. The molecule has 0 bridgehead atoms.